The van der Waals surface area contributed by atoms with Crippen LogP contribution in [-0.2, 0) is 0 Å². The molecular weight excluding hydrogens is 268 g/mol. The van der Waals surface area contributed by atoms with Gasteiger partial charge in [-0.05, 0) is 37.5 Å². The summed E-state index contributed by atoms with van der Waals surface area (Å²) in [6.45, 7) is 14.9. The molecular formula is C20H35N2+. The molecule has 3 rings (SSSR count). The minimum absolute atomic E-state index is 0.417. The molecule has 0 N–H and O–H groups in total. The number of piperidine rings is 2. The summed E-state index contributed by atoms with van der Waals surface area (Å²) in [7, 11) is 0. The highest BCUT2D eigenvalue weighted by atomic mass is 15.1. The lowest BCUT2D eigenvalue weighted by atomic mass is 9.77. The van der Waals surface area contributed by atoms with Gasteiger partial charge >= 0.3 is 0 Å². The third-order valence-electron chi connectivity index (χ3n) is 5.69. The lowest BCUT2D eigenvalue weighted by Crippen LogP contribution is -2.40. The van der Waals surface area contributed by atoms with Crippen molar-refractivity contribution in [3.63, 3.8) is 0 Å². The maximum atomic E-state index is 2.71. The lowest BCUT2D eigenvalue weighted by Gasteiger charge is -2.38. The van der Waals surface area contributed by atoms with Crippen molar-refractivity contribution in [3.8, 4) is 0 Å². The quantitative estimate of drug-likeness (QED) is 0.654. The van der Waals surface area contributed by atoms with Crippen LogP contribution in [0.15, 0.2) is 11.8 Å². The Kier molecular flexibility index (Phi) is 4.66. The summed E-state index contributed by atoms with van der Waals surface area (Å²) in [5.41, 5.74) is 3.66. The van der Waals surface area contributed by atoms with Crippen molar-refractivity contribution in [1.29, 1.82) is 0 Å². The Labute approximate surface area is 137 Å². The van der Waals surface area contributed by atoms with E-state index in [1.54, 1.807) is 11.4 Å². The van der Waals surface area contributed by atoms with Gasteiger partial charge < -0.3 is 4.90 Å². The average molecular weight is 304 g/mol. The Hall–Kier alpha value is -0.790. The van der Waals surface area contributed by atoms with Crippen LogP contribution in [0.5, 0.6) is 0 Å². The normalized spacial score (nSPS) is 32.9. The molecule has 0 bridgehead atoms. The van der Waals surface area contributed by atoms with E-state index in [4.69, 9.17) is 0 Å². The number of rotatable bonds is 1. The second-order valence-corrected chi connectivity index (χ2v) is 9.04. The van der Waals surface area contributed by atoms with E-state index >= 15 is 0 Å². The number of hydrogen-bond donors (Lipinski definition) is 0. The van der Waals surface area contributed by atoms with E-state index in [0.717, 1.165) is 11.8 Å². The van der Waals surface area contributed by atoms with Gasteiger partial charge in [-0.1, -0.05) is 27.7 Å². The molecule has 0 saturated carbocycles. The predicted octanol–water partition coefficient (Wildman–Crippen LogP) is 4.31. The lowest BCUT2D eigenvalue weighted by molar-refractivity contribution is -0.553. The molecule has 0 spiro atoms. The van der Waals surface area contributed by atoms with Gasteiger partial charge in [-0.3, -0.25) is 0 Å². The molecule has 2 aliphatic heterocycles. The summed E-state index contributed by atoms with van der Waals surface area (Å²) >= 11 is 0. The van der Waals surface area contributed by atoms with E-state index < -0.39 is 0 Å². The van der Waals surface area contributed by atoms with Gasteiger partial charge in [0, 0.05) is 43.1 Å². The Bertz CT molecular complexity index is 454. The molecule has 0 aromatic rings. The van der Waals surface area contributed by atoms with Crippen LogP contribution in [0.3, 0.4) is 0 Å². The van der Waals surface area contributed by atoms with Crippen LogP contribution in [0, 0.1) is 17.3 Å². The Morgan fingerprint density at radius 1 is 1.00 bits per heavy atom. The molecule has 22 heavy (non-hydrogen) atoms. The maximum absolute atomic E-state index is 2.71. The monoisotopic (exact) mass is 303 g/mol. The van der Waals surface area contributed by atoms with Crippen molar-refractivity contribution < 1.29 is 4.58 Å². The molecule has 2 saturated heterocycles. The van der Waals surface area contributed by atoms with E-state index in [1.807, 2.05) is 0 Å². The third-order valence-corrected chi connectivity index (χ3v) is 5.69. The van der Waals surface area contributed by atoms with Crippen molar-refractivity contribution in [3.05, 3.63) is 11.8 Å². The minimum atomic E-state index is 0.417. The van der Waals surface area contributed by atoms with E-state index in [9.17, 15) is 0 Å². The summed E-state index contributed by atoms with van der Waals surface area (Å²) < 4.78 is 2.71. The number of likely N-dealkylation sites (tertiary alicyclic amines) is 1. The van der Waals surface area contributed by atoms with Gasteiger partial charge in [0.15, 0.2) is 5.71 Å². The first kappa shape index (κ1) is 16.1. The van der Waals surface area contributed by atoms with Crippen molar-refractivity contribution in [1.82, 2.24) is 4.90 Å². The van der Waals surface area contributed by atoms with Gasteiger partial charge in [0.05, 0.1) is 0 Å². The van der Waals surface area contributed by atoms with E-state index in [1.165, 1.54) is 64.7 Å². The molecule has 0 amide bonds. The summed E-state index contributed by atoms with van der Waals surface area (Å²) in [4.78, 5) is 2.68. The van der Waals surface area contributed by atoms with Crippen LogP contribution in [0.2, 0.25) is 0 Å². The van der Waals surface area contributed by atoms with Crippen LogP contribution in [0.1, 0.15) is 66.2 Å². The minimum Gasteiger partial charge on any atom is -0.375 e. The summed E-state index contributed by atoms with van der Waals surface area (Å²) in [6.07, 6.45) is 10.7. The largest absolute Gasteiger partial charge is 0.375 e. The van der Waals surface area contributed by atoms with E-state index in [-0.39, 0.29) is 0 Å². The van der Waals surface area contributed by atoms with Crippen molar-refractivity contribution in [2.45, 2.75) is 66.2 Å². The van der Waals surface area contributed by atoms with Crippen LogP contribution < -0.4 is 0 Å². The molecule has 2 nitrogen and oxygen atoms in total. The Morgan fingerprint density at radius 2 is 1.64 bits per heavy atom. The van der Waals surface area contributed by atoms with E-state index in [0.29, 0.717) is 5.41 Å². The summed E-state index contributed by atoms with van der Waals surface area (Å²) in [6, 6.07) is 0. The zero-order chi connectivity index (χ0) is 15.7. The predicted molar refractivity (Wildman–Crippen MR) is 94.5 cm³/mol. The van der Waals surface area contributed by atoms with Gasteiger partial charge in [-0.25, -0.2) is 4.58 Å². The molecule has 0 unspecified atom stereocenters. The summed E-state index contributed by atoms with van der Waals surface area (Å²) in [5.74, 6) is 1.68. The zero-order valence-corrected chi connectivity index (χ0v) is 15.2. The second-order valence-electron chi connectivity index (χ2n) is 9.04. The first-order chi connectivity index (χ1) is 10.4. The fourth-order valence-corrected chi connectivity index (χ4v) is 4.82. The molecule has 2 atom stereocenters. The molecule has 2 fully saturated rings. The third kappa shape index (κ3) is 3.75. The SMILES string of the molecule is C[C@H]1C[C@H](C)C[N+](=C2C=C(N3CCCCC3)CC(C)(C)C2)C1. The van der Waals surface area contributed by atoms with E-state index in [2.05, 4.69) is 43.2 Å². The highest BCUT2D eigenvalue weighted by molar-refractivity contribution is 5.92. The van der Waals surface area contributed by atoms with Gasteiger partial charge in [-0.2, -0.15) is 0 Å². The molecule has 124 valence electrons. The molecule has 2 heterocycles. The van der Waals surface area contributed by atoms with Gasteiger partial charge in [0.25, 0.3) is 0 Å². The number of hydrogen-bond acceptors (Lipinski definition) is 1. The molecule has 2 heteroatoms. The Morgan fingerprint density at radius 3 is 2.27 bits per heavy atom. The van der Waals surface area contributed by atoms with Gasteiger partial charge in [-0.15, -0.1) is 0 Å². The highest BCUT2D eigenvalue weighted by Gasteiger charge is 2.35. The fourth-order valence-electron chi connectivity index (χ4n) is 4.82. The second kappa shape index (κ2) is 6.37. The maximum Gasteiger partial charge on any atom is 0.178 e. The molecule has 0 aromatic heterocycles. The van der Waals surface area contributed by atoms with Gasteiger partial charge in [0.2, 0.25) is 0 Å². The summed E-state index contributed by atoms with van der Waals surface area (Å²) in [5, 5.41) is 0. The van der Waals surface area contributed by atoms with Gasteiger partial charge in [0.1, 0.15) is 13.1 Å². The van der Waals surface area contributed by atoms with Crippen LogP contribution in [-0.4, -0.2) is 41.4 Å². The standard InChI is InChI=1S/C20H35N2/c1-16-10-17(2)15-22(14-16)19-11-18(12-20(3,4)13-19)21-8-6-5-7-9-21/h11,16-17H,5-10,12-15H2,1-4H3/q+1/t16-,17-/m0/s1. The van der Waals surface area contributed by atoms with Crippen LogP contribution in [0.4, 0.5) is 0 Å². The topological polar surface area (TPSA) is 6.25 Å². The molecule has 3 aliphatic rings. The smallest absolute Gasteiger partial charge is 0.178 e. The van der Waals surface area contributed by atoms with Crippen molar-refractivity contribution >= 4 is 5.71 Å². The molecule has 0 radical (unpaired) electrons. The fraction of sp³-hybridized carbons (Fsp3) is 0.850. The van der Waals surface area contributed by atoms with Crippen LogP contribution >= 0.6 is 0 Å². The van der Waals surface area contributed by atoms with Crippen LogP contribution in [0.25, 0.3) is 0 Å². The number of nitrogens with zero attached hydrogens (tertiary/aromatic N) is 2. The highest BCUT2D eigenvalue weighted by Crippen LogP contribution is 2.36. The first-order valence-corrected chi connectivity index (χ1v) is 9.49. The molecule has 1 aliphatic carbocycles. The van der Waals surface area contributed by atoms with Crippen molar-refractivity contribution in [2.75, 3.05) is 26.2 Å². The Balaban J connectivity index is 1.88. The first-order valence-electron chi connectivity index (χ1n) is 9.49. The average Bonchev–Trinajstić information content (AvgIpc) is 2.45. The zero-order valence-electron chi connectivity index (χ0n) is 15.2. The molecule has 0 aromatic carbocycles. The van der Waals surface area contributed by atoms with Crippen molar-refractivity contribution in [2.24, 2.45) is 17.3 Å². The number of allylic oxidation sites excluding steroid dienone is 2.